The normalized spacial score (nSPS) is 29.1. The number of amides is 1. The van der Waals surface area contributed by atoms with Gasteiger partial charge < -0.3 is 9.64 Å². The molecule has 138 valence electrons. The quantitative estimate of drug-likeness (QED) is 0.803. The van der Waals surface area contributed by atoms with Crippen LogP contribution in [0.2, 0.25) is 0 Å². The summed E-state index contributed by atoms with van der Waals surface area (Å²) in [5.74, 6) is 1.42. The van der Waals surface area contributed by atoms with E-state index in [0.29, 0.717) is 11.9 Å². The zero-order valence-electron chi connectivity index (χ0n) is 15.2. The average Bonchev–Trinajstić information content (AvgIpc) is 3.34. The van der Waals surface area contributed by atoms with E-state index in [2.05, 4.69) is 20.4 Å². The van der Waals surface area contributed by atoms with Crippen LogP contribution in [0, 0.1) is 5.92 Å². The molecule has 0 N–H and O–H groups in total. The Morgan fingerprint density at radius 2 is 1.80 bits per heavy atom. The van der Waals surface area contributed by atoms with Crippen molar-refractivity contribution in [3.63, 3.8) is 0 Å². The van der Waals surface area contributed by atoms with Crippen molar-refractivity contribution in [2.24, 2.45) is 5.92 Å². The lowest BCUT2D eigenvalue weighted by molar-refractivity contribution is -0.148. The van der Waals surface area contributed by atoms with Gasteiger partial charge in [0.05, 0.1) is 24.8 Å². The molecule has 0 aromatic carbocycles. The topological polar surface area (TPSA) is 76.4 Å². The van der Waals surface area contributed by atoms with Gasteiger partial charge in [-0.3, -0.25) is 9.69 Å². The Morgan fingerprint density at radius 3 is 2.44 bits per heavy atom. The van der Waals surface area contributed by atoms with Crippen LogP contribution in [0.25, 0.3) is 0 Å². The summed E-state index contributed by atoms with van der Waals surface area (Å²) in [5.41, 5.74) is 0. The van der Waals surface area contributed by atoms with Crippen molar-refractivity contribution in [1.82, 2.24) is 30.0 Å². The van der Waals surface area contributed by atoms with Crippen molar-refractivity contribution in [2.75, 3.05) is 26.2 Å². The molecule has 0 spiro atoms. The minimum atomic E-state index is 0.133. The van der Waals surface area contributed by atoms with E-state index in [1.807, 2.05) is 23.4 Å². The average molecular weight is 348 g/mol. The first kappa shape index (κ1) is 16.9. The van der Waals surface area contributed by atoms with Gasteiger partial charge in [0.2, 0.25) is 5.91 Å². The van der Waals surface area contributed by atoms with Gasteiger partial charge in [-0.15, -0.1) is 5.10 Å². The van der Waals surface area contributed by atoms with Crippen LogP contribution in [-0.2, 0) is 16.1 Å². The number of tetrazole rings is 1. The van der Waals surface area contributed by atoms with Crippen molar-refractivity contribution >= 4 is 5.91 Å². The Labute approximate surface area is 148 Å². The molecule has 8 nitrogen and oxygen atoms in total. The van der Waals surface area contributed by atoms with Crippen LogP contribution in [-0.4, -0.2) is 74.3 Å². The standard InChI is InChI=1S/C17H28N6O2/c1-12-9-22(10-13(2)25-12)17(24)14-5-7-21(8-6-14)11-16-18-19-20-23(16)15-3-4-15/h12-15H,3-11H2,1-2H3/t12-,13-/m0/s1. The summed E-state index contributed by atoms with van der Waals surface area (Å²) < 4.78 is 7.72. The van der Waals surface area contributed by atoms with E-state index in [1.165, 1.54) is 12.8 Å². The fourth-order valence-electron chi connectivity index (χ4n) is 4.07. The highest BCUT2D eigenvalue weighted by Crippen LogP contribution is 2.34. The molecule has 4 rings (SSSR count). The molecule has 1 amide bonds. The van der Waals surface area contributed by atoms with Crippen molar-refractivity contribution < 1.29 is 9.53 Å². The van der Waals surface area contributed by atoms with Crippen LogP contribution >= 0.6 is 0 Å². The summed E-state index contributed by atoms with van der Waals surface area (Å²) in [6, 6.07) is 0.509. The Morgan fingerprint density at radius 1 is 1.12 bits per heavy atom. The molecular weight excluding hydrogens is 320 g/mol. The summed E-state index contributed by atoms with van der Waals surface area (Å²) in [6.45, 7) is 8.19. The molecule has 0 bridgehead atoms. The first-order valence-corrected chi connectivity index (χ1v) is 9.53. The molecular formula is C17H28N6O2. The summed E-state index contributed by atoms with van der Waals surface area (Å²) in [7, 11) is 0. The van der Waals surface area contributed by atoms with Gasteiger partial charge in [0.1, 0.15) is 0 Å². The van der Waals surface area contributed by atoms with Crippen LogP contribution in [0.15, 0.2) is 0 Å². The van der Waals surface area contributed by atoms with Gasteiger partial charge in [-0.2, -0.15) is 0 Å². The lowest BCUT2D eigenvalue weighted by Crippen LogP contribution is -2.51. The number of hydrogen-bond acceptors (Lipinski definition) is 6. The van der Waals surface area contributed by atoms with Gasteiger partial charge in [-0.1, -0.05) is 0 Å². The highest BCUT2D eigenvalue weighted by Gasteiger charge is 2.33. The molecule has 2 atom stereocenters. The van der Waals surface area contributed by atoms with E-state index in [1.54, 1.807) is 0 Å². The molecule has 25 heavy (non-hydrogen) atoms. The minimum absolute atomic E-state index is 0.133. The number of carbonyl (C=O) groups excluding carboxylic acids is 1. The predicted octanol–water partition coefficient (Wildman–Crippen LogP) is 0.856. The maximum absolute atomic E-state index is 12.8. The van der Waals surface area contributed by atoms with Gasteiger partial charge in [-0.25, -0.2) is 4.68 Å². The molecule has 3 fully saturated rings. The van der Waals surface area contributed by atoms with Gasteiger partial charge in [0, 0.05) is 19.0 Å². The number of rotatable bonds is 4. The lowest BCUT2D eigenvalue weighted by Gasteiger charge is -2.39. The number of ether oxygens (including phenoxy) is 1. The number of aromatic nitrogens is 4. The summed E-state index contributed by atoms with van der Waals surface area (Å²) >= 11 is 0. The van der Waals surface area contributed by atoms with Crippen LogP contribution in [0.5, 0.6) is 0 Å². The SMILES string of the molecule is C[C@H]1CN(C(=O)C2CCN(Cc3nnnn3C3CC3)CC2)C[C@H](C)O1. The fourth-order valence-corrected chi connectivity index (χ4v) is 4.07. The molecule has 0 unspecified atom stereocenters. The van der Waals surface area contributed by atoms with E-state index < -0.39 is 0 Å². The molecule has 1 aromatic rings. The lowest BCUT2D eigenvalue weighted by atomic mass is 9.94. The highest BCUT2D eigenvalue weighted by atomic mass is 16.5. The zero-order chi connectivity index (χ0) is 17.4. The maximum Gasteiger partial charge on any atom is 0.225 e. The Balaban J connectivity index is 1.29. The Kier molecular flexibility index (Phi) is 4.73. The second-order valence-corrected chi connectivity index (χ2v) is 7.82. The molecule has 1 aromatic heterocycles. The molecule has 3 aliphatic rings. The molecule has 1 saturated carbocycles. The highest BCUT2D eigenvalue weighted by molar-refractivity contribution is 5.79. The second-order valence-electron chi connectivity index (χ2n) is 7.82. The van der Waals surface area contributed by atoms with Gasteiger partial charge in [-0.05, 0) is 63.0 Å². The Hall–Kier alpha value is -1.54. The number of carbonyl (C=O) groups is 1. The van der Waals surface area contributed by atoms with Crippen LogP contribution < -0.4 is 0 Å². The molecule has 0 radical (unpaired) electrons. The van der Waals surface area contributed by atoms with Crippen molar-refractivity contribution in [1.29, 1.82) is 0 Å². The monoisotopic (exact) mass is 348 g/mol. The first-order valence-electron chi connectivity index (χ1n) is 9.53. The third kappa shape index (κ3) is 3.84. The third-order valence-electron chi connectivity index (χ3n) is 5.49. The maximum atomic E-state index is 12.8. The largest absolute Gasteiger partial charge is 0.372 e. The molecule has 2 aliphatic heterocycles. The number of likely N-dealkylation sites (tertiary alicyclic amines) is 1. The summed E-state index contributed by atoms with van der Waals surface area (Å²) in [4.78, 5) is 17.2. The van der Waals surface area contributed by atoms with E-state index in [0.717, 1.165) is 51.4 Å². The summed E-state index contributed by atoms with van der Waals surface area (Å²) in [6.07, 6.45) is 4.48. The summed E-state index contributed by atoms with van der Waals surface area (Å²) in [5, 5.41) is 12.1. The van der Waals surface area contributed by atoms with Crippen LogP contribution in [0.4, 0.5) is 0 Å². The van der Waals surface area contributed by atoms with Crippen LogP contribution in [0.1, 0.15) is 51.4 Å². The fraction of sp³-hybridized carbons (Fsp3) is 0.882. The van der Waals surface area contributed by atoms with Crippen LogP contribution in [0.3, 0.4) is 0 Å². The Bertz CT molecular complexity index is 598. The molecule has 1 aliphatic carbocycles. The zero-order valence-corrected chi connectivity index (χ0v) is 15.2. The predicted molar refractivity (Wildman–Crippen MR) is 90.7 cm³/mol. The van der Waals surface area contributed by atoms with Gasteiger partial charge >= 0.3 is 0 Å². The number of nitrogens with zero attached hydrogens (tertiary/aromatic N) is 6. The van der Waals surface area contributed by atoms with Crippen molar-refractivity contribution in [3.8, 4) is 0 Å². The minimum Gasteiger partial charge on any atom is -0.372 e. The second kappa shape index (κ2) is 6.99. The van der Waals surface area contributed by atoms with E-state index in [4.69, 9.17) is 4.74 Å². The van der Waals surface area contributed by atoms with E-state index in [-0.39, 0.29) is 18.1 Å². The molecule has 3 heterocycles. The number of hydrogen-bond donors (Lipinski definition) is 0. The first-order chi connectivity index (χ1) is 12.1. The van der Waals surface area contributed by atoms with E-state index >= 15 is 0 Å². The number of morpholine rings is 1. The van der Waals surface area contributed by atoms with Crippen molar-refractivity contribution in [2.45, 2.75) is 64.3 Å². The van der Waals surface area contributed by atoms with E-state index in [9.17, 15) is 4.79 Å². The van der Waals surface area contributed by atoms with Gasteiger partial charge in [0.15, 0.2) is 5.82 Å². The third-order valence-corrected chi connectivity index (χ3v) is 5.49. The molecule has 2 saturated heterocycles. The van der Waals surface area contributed by atoms with Gasteiger partial charge in [0.25, 0.3) is 0 Å². The smallest absolute Gasteiger partial charge is 0.225 e. The van der Waals surface area contributed by atoms with Crippen molar-refractivity contribution in [3.05, 3.63) is 5.82 Å². The molecule has 8 heteroatoms. The number of piperidine rings is 1.